The Bertz CT molecular complexity index is 754. The molecule has 2 aromatic rings. The fraction of sp³-hybridized carbons (Fsp3) is 0.333. The Labute approximate surface area is 166 Å². The average molecular weight is 382 g/mol. The molecule has 0 saturated carbocycles. The number of rotatable bonds is 9. The van der Waals surface area contributed by atoms with E-state index in [1.165, 1.54) is 0 Å². The Balaban J connectivity index is 2.16. The van der Waals surface area contributed by atoms with Crippen LogP contribution in [0.4, 0.5) is 0 Å². The zero-order valence-electron chi connectivity index (χ0n) is 16.2. The number of hydrogen-bond acceptors (Lipinski definition) is 4. The molecule has 2 rings (SSSR count). The van der Waals surface area contributed by atoms with E-state index in [0.29, 0.717) is 18.4 Å². The highest BCUT2D eigenvalue weighted by Gasteiger charge is 2.30. The second kappa shape index (κ2) is 10.6. The number of benzene rings is 2. The van der Waals surface area contributed by atoms with Gasteiger partial charge in [-0.25, -0.2) is 0 Å². The second-order valence-electron chi connectivity index (χ2n) is 7.24. The fourth-order valence-corrected chi connectivity index (χ4v) is 2.94. The zero-order chi connectivity index (χ0) is 20.5. The quantitative estimate of drug-likeness (QED) is 0.495. The van der Waals surface area contributed by atoms with Gasteiger partial charge in [-0.3, -0.25) is 9.59 Å². The van der Waals surface area contributed by atoms with Gasteiger partial charge in [-0.05, 0) is 30.0 Å². The molecule has 6 nitrogen and oxygen atoms in total. The van der Waals surface area contributed by atoms with E-state index in [1.807, 2.05) is 50.2 Å². The van der Waals surface area contributed by atoms with E-state index in [4.69, 9.17) is 0 Å². The van der Waals surface area contributed by atoms with Crippen LogP contribution in [-0.4, -0.2) is 41.0 Å². The lowest BCUT2D eigenvalue weighted by Gasteiger charge is -2.24. The molecule has 0 aromatic heterocycles. The zero-order valence-corrected chi connectivity index (χ0v) is 16.2. The average Bonchev–Trinajstić information content (AvgIpc) is 2.68. The lowest BCUT2D eigenvalue weighted by molar-refractivity contribution is -0.123. The third kappa shape index (κ3) is 6.83. The molecule has 0 fully saturated rings. The summed E-state index contributed by atoms with van der Waals surface area (Å²) in [6.45, 7) is 3.86. The van der Waals surface area contributed by atoms with Crippen LogP contribution < -0.4 is 10.6 Å². The SMILES string of the molecule is CC(C)CC(NC(=O)[C@H](Cc1ccccc1)NC(=O)c1ccccc1)B(O)O. The van der Waals surface area contributed by atoms with E-state index in [-0.39, 0.29) is 11.8 Å². The van der Waals surface area contributed by atoms with E-state index in [1.54, 1.807) is 24.3 Å². The summed E-state index contributed by atoms with van der Waals surface area (Å²) in [5.74, 6) is -1.45. The maximum atomic E-state index is 12.9. The van der Waals surface area contributed by atoms with Crippen LogP contribution in [0.2, 0.25) is 0 Å². The van der Waals surface area contributed by atoms with Gasteiger partial charge in [0.1, 0.15) is 6.04 Å². The molecule has 148 valence electrons. The maximum Gasteiger partial charge on any atom is 0.475 e. The Kier molecular flexibility index (Phi) is 8.23. The summed E-state index contributed by atoms with van der Waals surface area (Å²) in [5, 5.41) is 24.6. The highest BCUT2D eigenvalue weighted by molar-refractivity contribution is 6.43. The standard InChI is InChI=1S/C21H27BN2O4/c1-15(2)13-19(22(27)28)24-21(26)18(14-16-9-5-3-6-10-16)23-20(25)17-11-7-4-8-12-17/h3-12,15,18-19,27-28H,13-14H2,1-2H3,(H,23,25)(H,24,26)/t18-,19?/m0/s1. The molecule has 2 aromatic carbocycles. The largest absolute Gasteiger partial charge is 0.475 e. The van der Waals surface area contributed by atoms with E-state index in [0.717, 1.165) is 5.56 Å². The van der Waals surface area contributed by atoms with Crippen LogP contribution >= 0.6 is 0 Å². The summed E-state index contributed by atoms with van der Waals surface area (Å²) in [5.41, 5.74) is 1.34. The van der Waals surface area contributed by atoms with Crippen molar-refractivity contribution in [3.05, 3.63) is 71.8 Å². The summed E-state index contributed by atoms with van der Waals surface area (Å²) in [7, 11) is -1.67. The third-order valence-corrected chi connectivity index (χ3v) is 4.35. The Morgan fingerprint density at radius 1 is 0.929 bits per heavy atom. The summed E-state index contributed by atoms with van der Waals surface area (Å²) in [6.07, 6.45) is 0.704. The van der Waals surface area contributed by atoms with Gasteiger partial charge in [0.25, 0.3) is 5.91 Å². The molecule has 2 amide bonds. The molecule has 0 heterocycles. The van der Waals surface area contributed by atoms with Crippen molar-refractivity contribution in [2.45, 2.75) is 38.7 Å². The van der Waals surface area contributed by atoms with Crippen LogP contribution in [0.1, 0.15) is 36.2 Å². The number of carbonyl (C=O) groups is 2. The molecule has 0 aliphatic rings. The molecule has 1 unspecified atom stereocenters. The van der Waals surface area contributed by atoms with Gasteiger partial charge in [0.2, 0.25) is 5.91 Å². The minimum absolute atomic E-state index is 0.165. The first-order valence-corrected chi connectivity index (χ1v) is 9.43. The summed E-state index contributed by atoms with van der Waals surface area (Å²) < 4.78 is 0. The van der Waals surface area contributed by atoms with Crippen LogP contribution in [-0.2, 0) is 11.2 Å². The Morgan fingerprint density at radius 3 is 2.04 bits per heavy atom. The maximum absolute atomic E-state index is 12.9. The molecule has 28 heavy (non-hydrogen) atoms. The highest BCUT2D eigenvalue weighted by Crippen LogP contribution is 2.09. The van der Waals surface area contributed by atoms with Gasteiger partial charge >= 0.3 is 7.12 Å². The van der Waals surface area contributed by atoms with Gasteiger partial charge in [-0.15, -0.1) is 0 Å². The summed E-state index contributed by atoms with van der Waals surface area (Å²) in [6, 6.07) is 17.2. The topological polar surface area (TPSA) is 98.7 Å². The predicted octanol–water partition coefficient (Wildman–Crippen LogP) is 1.57. The van der Waals surface area contributed by atoms with Crippen LogP contribution in [0.25, 0.3) is 0 Å². The molecular weight excluding hydrogens is 355 g/mol. The second-order valence-corrected chi connectivity index (χ2v) is 7.24. The minimum Gasteiger partial charge on any atom is -0.426 e. The van der Waals surface area contributed by atoms with Crippen molar-refractivity contribution in [2.24, 2.45) is 5.92 Å². The monoisotopic (exact) mass is 382 g/mol. The van der Waals surface area contributed by atoms with Crippen molar-refractivity contribution in [1.29, 1.82) is 0 Å². The van der Waals surface area contributed by atoms with Gasteiger partial charge in [-0.1, -0.05) is 62.4 Å². The van der Waals surface area contributed by atoms with Crippen molar-refractivity contribution in [1.82, 2.24) is 10.6 Å². The lowest BCUT2D eigenvalue weighted by atomic mass is 9.75. The molecule has 0 saturated heterocycles. The van der Waals surface area contributed by atoms with Crippen LogP contribution in [0, 0.1) is 5.92 Å². The Morgan fingerprint density at radius 2 is 1.50 bits per heavy atom. The minimum atomic E-state index is -1.67. The fourth-order valence-electron chi connectivity index (χ4n) is 2.94. The molecule has 4 N–H and O–H groups in total. The first-order chi connectivity index (χ1) is 13.4. The first-order valence-electron chi connectivity index (χ1n) is 9.43. The van der Waals surface area contributed by atoms with Crippen LogP contribution in [0.5, 0.6) is 0 Å². The van der Waals surface area contributed by atoms with Crippen LogP contribution in [0.3, 0.4) is 0 Å². The van der Waals surface area contributed by atoms with Crippen molar-refractivity contribution >= 4 is 18.9 Å². The lowest BCUT2D eigenvalue weighted by Crippen LogP contribution is -2.55. The Hall–Kier alpha value is -2.64. The van der Waals surface area contributed by atoms with E-state index in [9.17, 15) is 19.6 Å². The van der Waals surface area contributed by atoms with Crippen molar-refractivity contribution in [3.8, 4) is 0 Å². The summed E-state index contributed by atoms with van der Waals surface area (Å²) in [4.78, 5) is 25.4. The van der Waals surface area contributed by atoms with Crippen LogP contribution in [0.15, 0.2) is 60.7 Å². The molecule has 0 aliphatic carbocycles. The van der Waals surface area contributed by atoms with E-state index >= 15 is 0 Å². The number of nitrogens with one attached hydrogen (secondary N) is 2. The van der Waals surface area contributed by atoms with E-state index in [2.05, 4.69) is 10.6 Å². The molecule has 0 radical (unpaired) electrons. The molecular formula is C21H27BN2O4. The first kappa shape index (κ1) is 21.7. The van der Waals surface area contributed by atoms with E-state index < -0.39 is 25.0 Å². The number of hydrogen-bond donors (Lipinski definition) is 4. The molecule has 7 heteroatoms. The normalized spacial score (nSPS) is 12.9. The summed E-state index contributed by atoms with van der Waals surface area (Å²) >= 11 is 0. The van der Waals surface area contributed by atoms with Crippen molar-refractivity contribution < 1.29 is 19.6 Å². The number of carbonyl (C=O) groups excluding carboxylic acids is 2. The third-order valence-electron chi connectivity index (χ3n) is 4.35. The van der Waals surface area contributed by atoms with Crippen molar-refractivity contribution in [2.75, 3.05) is 0 Å². The molecule has 0 bridgehead atoms. The van der Waals surface area contributed by atoms with Crippen molar-refractivity contribution in [3.63, 3.8) is 0 Å². The molecule has 0 spiro atoms. The van der Waals surface area contributed by atoms with Gasteiger partial charge in [0.15, 0.2) is 0 Å². The number of amides is 2. The smallest absolute Gasteiger partial charge is 0.426 e. The predicted molar refractivity (Wildman–Crippen MR) is 109 cm³/mol. The highest BCUT2D eigenvalue weighted by atomic mass is 16.4. The molecule has 0 aliphatic heterocycles. The van der Waals surface area contributed by atoms with Gasteiger partial charge in [-0.2, -0.15) is 0 Å². The van der Waals surface area contributed by atoms with Gasteiger partial charge < -0.3 is 20.7 Å². The van der Waals surface area contributed by atoms with Gasteiger partial charge in [0.05, 0.1) is 5.94 Å². The molecule has 2 atom stereocenters. The van der Waals surface area contributed by atoms with Gasteiger partial charge in [0, 0.05) is 12.0 Å².